The van der Waals surface area contributed by atoms with Gasteiger partial charge in [-0.2, -0.15) is 0 Å². The Morgan fingerprint density at radius 2 is 1.94 bits per heavy atom. The van der Waals surface area contributed by atoms with E-state index in [-0.39, 0.29) is 34.8 Å². The van der Waals surface area contributed by atoms with Gasteiger partial charge in [0.25, 0.3) is 11.6 Å². The molecule has 9 nitrogen and oxygen atoms in total. The van der Waals surface area contributed by atoms with Crippen molar-refractivity contribution >= 4 is 17.4 Å². The summed E-state index contributed by atoms with van der Waals surface area (Å²) in [5, 5.41) is 11.0. The van der Waals surface area contributed by atoms with Gasteiger partial charge in [-0.15, -0.1) is 0 Å². The van der Waals surface area contributed by atoms with Gasteiger partial charge in [-0.25, -0.2) is 18.7 Å². The fourth-order valence-electron chi connectivity index (χ4n) is 3.61. The minimum atomic E-state index is -1.03. The summed E-state index contributed by atoms with van der Waals surface area (Å²) in [6.07, 6.45) is 1.30. The molecule has 0 N–H and O–H groups in total. The van der Waals surface area contributed by atoms with E-state index in [9.17, 15) is 23.7 Å². The Hall–Kier alpha value is -4.15. The van der Waals surface area contributed by atoms with E-state index < -0.39 is 16.6 Å². The minimum Gasteiger partial charge on any atom is -0.439 e. The Bertz CT molecular complexity index is 1210. The highest BCUT2D eigenvalue weighted by atomic mass is 19.2. The number of non-ortho nitro benzene ring substituents is 1. The number of nitro benzene ring substituents is 1. The first kappa shape index (κ1) is 22.1. The molecule has 2 heterocycles. The first-order chi connectivity index (χ1) is 15.8. The Kier molecular flexibility index (Phi) is 6.11. The minimum absolute atomic E-state index is 0.0966. The molecule has 0 spiro atoms. The van der Waals surface area contributed by atoms with E-state index in [1.807, 2.05) is 11.8 Å². The third-order valence-electron chi connectivity index (χ3n) is 5.26. The van der Waals surface area contributed by atoms with Crippen LogP contribution in [0.25, 0.3) is 0 Å². The van der Waals surface area contributed by atoms with E-state index in [2.05, 4.69) is 9.97 Å². The molecule has 2 aromatic carbocycles. The predicted molar refractivity (Wildman–Crippen MR) is 114 cm³/mol. The number of nitrogens with zero attached hydrogens (tertiary/aromatic N) is 5. The number of anilines is 1. The Morgan fingerprint density at radius 1 is 1.12 bits per heavy atom. The third kappa shape index (κ3) is 4.86. The summed E-state index contributed by atoms with van der Waals surface area (Å²) in [6, 6.07) is 10.2. The standard InChI is InChI=1S/C22H19F2N5O4/c1-14-12-27(7-8-28(14)22(30)15-3-2-4-16(9-15)29(31)32)20-11-21(26-13-25-20)33-17-5-6-18(23)19(24)10-17/h2-6,9-11,13-14H,7-8,12H2,1H3/t14-/m0/s1. The van der Waals surface area contributed by atoms with Crippen LogP contribution in [-0.2, 0) is 0 Å². The highest BCUT2D eigenvalue weighted by Gasteiger charge is 2.29. The van der Waals surface area contributed by atoms with Crippen molar-refractivity contribution in [2.75, 3.05) is 24.5 Å². The summed E-state index contributed by atoms with van der Waals surface area (Å²) >= 11 is 0. The molecule has 0 unspecified atom stereocenters. The lowest BCUT2D eigenvalue weighted by molar-refractivity contribution is -0.384. The van der Waals surface area contributed by atoms with Crippen LogP contribution in [0.3, 0.4) is 0 Å². The Morgan fingerprint density at radius 3 is 2.67 bits per heavy atom. The van der Waals surface area contributed by atoms with Crippen LogP contribution in [-0.4, -0.2) is 51.4 Å². The Labute approximate surface area is 187 Å². The van der Waals surface area contributed by atoms with Gasteiger partial charge in [0.05, 0.1) is 4.92 Å². The number of halogens is 2. The highest BCUT2D eigenvalue weighted by Crippen LogP contribution is 2.26. The van der Waals surface area contributed by atoms with Crippen LogP contribution in [0, 0.1) is 21.7 Å². The largest absolute Gasteiger partial charge is 0.439 e. The molecule has 3 aromatic rings. The monoisotopic (exact) mass is 455 g/mol. The molecule has 4 rings (SSSR count). The van der Waals surface area contributed by atoms with Crippen molar-refractivity contribution in [3.05, 3.63) is 82.2 Å². The summed E-state index contributed by atoms with van der Waals surface area (Å²) < 4.78 is 32.0. The number of hydrogen-bond donors (Lipinski definition) is 0. The summed E-state index contributed by atoms with van der Waals surface area (Å²) in [6.45, 7) is 3.18. The van der Waals surface area contributed by atoms with Crippen molar-refractivity contribution in [1.29, 1.82) is 0 Å². The molecular weight excluding hydrogens is 436 g/mol. The number of hydrogen-bond acceptors (Lipinski definition) is 7. The predicted octanol–water partition coefficient (Wildman–Crippen LogP) is 3.81. The average Bonchev–Trinajstić information content (AvgIpc) is 2.81. The van der Waals surface area contributed by atoms with E-state index in [0.717, 1.165) is 12.1 Å². The van der Waals surface area contributed by atoms with Crippen molar-refractivity contribution in [2.24, 2.45) is 0 Å². The number of carbonyl (C=O) groups is 1. The van der Waals surface area contributed by atoms with Crippen molar-refractivity contribution in [2.45, 2.75) is 13.0 Å². The second-order valence-corrected chi connectivity index (χ2v) is 7.49. The van der Waals surface area contributed by atoms with Crippen molar-refractivity contribution in [1.82, 2.24) is 14.9 Å². The van der Waals surface area contributed by atoms with Gasteiger partial charge in [-0.3, -0.25) is 14.9 Å². The zero-order valence-corrected chi connectivity index (χ0v) is 17.5. The lowest BCUT2D eigenvalue weighted by atomic mass is 10.1. The van der Waals surface area contributed by atoms with Crippen molar-refractivity contribution < 1.29 is 23.2 Å². The van der Waals surface area contributed by atoms with Crippen LogP contribution in [0.4, 0.5) is 20.3 Å². The molecule has 1 aromatic heterocycles. The van der Waals surface area contributed by atoms with Gasteiger partial charge in [0.15, 0.2) is 11.6 Å². The lowest BCUT2D eigenvalue weighted by Gasteiger charge is -2.40. The van der Waals surface area contributed by atoms with Crippen LogP contribution in [0.15, 0.2) is 54.9 Å². The third-order valence-corrected chi connectivity index (χ3v) is 5.26. The second-order valence-electron chi connectivity index (χ2n) is 7.49. The summed E-state index contributed by atoms with van der Waals surface area (Å²) in [4.78, 5) is 35.3. The average molecular weight is 455 g/mol. The number of rotatable bonds is 5. The van der Waals surface area contributed by atoms with Crippen LogP contribution >= 0.6 is 0 Å². The van der Waals surface area contributed by atoms with E-state index in [1.54, 1.807) is 17.0 Å². The summed E-state index contributed by atoms with van der Waals surface area (Å²) in [5.74, 6) is -1.47. The van der Waals surface area contributed by atoms with Gasteiger partial charge in [-0.05, 0) is 25.1 Å². The zero-order valence-electron chi connectivity index (χ0n) is 17.5. The number of nitro groups is 1. The highest BCUT2D eigenvalue weighted by molar-refractivity contribution is 5.95. The van der Waals surface area contributed by atoms with E-state index in [1.165, 1.54) is 30.6 Å². The SMILES string of the molecule is C[C@H]1CN(c2cc(Oc3ccc(F)c(F)c3)ncn2)CCN1C(=O)c1cccc([N+](=O)[O-])c1. The molecule has 1 amide bonds. The van der Waals surface area contributed by atoms with Gasteiger partial charge < -0.3 is 14.5 Å². The number of benzene rings is 2. The molecule has 0 radical (unpaired) electrons. The molecule has 1 aliphatic heterocycles. The molecular formula is C22H19F2N5O4. The van der Waals surface area contributed by atoms with Crippen LogP contribution in [0.1, 0.15) is 17.3 Å². The van der Waals surface area contributed by atoms with E-state index in [4.69, 9.17) is 4.74 Å². The maximum absolute atomic E-state index is 13.4. The first-order valence-corrected chi connectivity index (χ1v) is 10.1. The number of amides is 1. The number of aromatic nitrogens is 2. The Balaban J connectivity index is 1.45. The van der Waals surface area contributed by atoms with Gasteiger partial charge in [0.2, 0.25) is 5.88 Å². The maximum Gasteiger partial charge on any atom is 0.270 e. The molecule has 1 saturated heterocycles. The van der Waals surface area contributed by atoms with Crippen LogP contribution in [0.5, 0.6) is 11.6 Å². The summed E-state index contributed by atoms with van der Waals surface area (Å²) in [7, 11) is 0. The van der Waals surface area contributed by atoms with Gasteiger partial charge in [0, 0.05) is 55.5 Å². The normalized spacial score (nSPS) is 15.9. The van der Waals surface area contributed by atoms with E-state index in [0.29, 0.717) is 25.5 Å². The van der Waals surface area contributed by atoms with Crippen molar-refractivity contribution in [3.63, 3.8) is 0 Å². The van der Waals surface area contributed by atoms with Gasteiger partial charge in [-0.1, -0.05) is 6.07 Å². The molecule has 0 saturated carbocycles. The fraction of sp³-hybridized carbons (Fsp3) is 0.227. The smallest absolute Gasteiger partial charge is 0.270 e. The van der Waals surface area contributed by atoms with Gasteiger partial charge in [0.1, 0.15) is 17.9 Å². The number of carbonyl (C=O) groups excluding carboxylic acids is 1. The van der Waals surface area contributed by atoms with Gasteiger partial charge >= 0.3 is 0 Å². The van der Waals surface area contributed by atoms with Crippen LogP contribution < -0.4 is 9.64 Å². The first-order valence-electron chi connectivity index (χ1n) is 10.1. The maximum atomic E-state index is 13.4. The second kappa shape index (κ2) is 9.15. The molecule has 11 heteroatoms. The van der Waals surface area contributed by atoms with Crippen molar-refractivity contribution in [3.8, 4) is 11.6 Å². The lowest BCUT2D eigenvalue weighted by Crippen LogP contribution is -2.54. The molecule has 0 bridgehead atoms. The van der Waals surface area contributed by atoms with Crippen LogP contribution in [0.2, 0.25) is 0 Å². The molecule has 33 heavy (non-hydrogen) atoms. The molecule has 0 aliphatic carbocycles. The fourth-order valence-corrected chi connectivity index (χ4v) is 3.61. The summed E-state index contributed by atoms with van der Waals surface area (Å²) in [5.41, 5.74) is 0.121. The van der Waals surface area contributed by atoms with E-state index >= 15 is 0 Å². The number of piperazine rings is 1. The zero-order chi connectivity index (χ0) is 23.5. The molecule has 1 fully saturated rings. The topological polar surface area (TPSA) is 102 Å². The molecule has 1 atom stereocenters. The molecule has 1 aliphatic rings. The number of ether oxygens (including phenoxy) is 1. The molecule has 170 valence electrons. The quantitative estimate of drug-likeness (QED) is 0.426.